The molecule has 2 amide bonds. The highest BCUT2D eigenvalue weighted by Gasteiger charge is 2.36. The van der Waals surface area contributed by atoms with E-state index in [1.807, 2.05) is 35.7 Å². The van der Waals surface area contributed by atoms with E-state index in [0.29, 0.717) is 10.6 Å². The molecule has 0 bridgehead atoms. The van der Waals surface area contributed by atoms with Gasteiger partial charge in [-0.05, 0) is 36.1 Å². The van der Waals surface area contributed by atoms with E-state index in [0.717, 1.165) is 5.56 Å². The summed E-state index contributed by atoms with van der Waals surface area (Å²) in [7, 11) is 0. The third-order valence-corrected chi connectivity index (χ3v) is 5.24. The standard InChI is InChI=1S/C20H20N2O4S/c1-14(15-7-3-2-4-8-15)22-19(24)18(23)21-13-20(25,16-9-5-11-26-16)17-10-6-12-27-17/h2-12,14,25H,13H2,1H3,(H,21,23)(H,22,24). The summed E-state index contributed by atoms with van der Waals surface area (Å²) in [6.45, 7) is 1.61. The highest BCUT2D eigenvalue weighted by Crippen LogP contribution is 2.32. The Bertz CT molecular complexity index is 842. The van der Waals surface area contributed by atoms with Gasteiger partial charge in [0.15, 0.2) is 5.60 Å². The molecule has 0 saturated carbocycles. The number of nitrogens with one attached hydrogen (secondary N) is 2. The third-order valence-electron chi connectivity index (χ3n) is 4.22. The van der Waals surface area contributed by atoms with Crippen molar-refractivity contribution in [2.24, 2.45) is 0 Å². The minimum Gasteiger partial charge on any atom is -0.466 e. The Morgan fingerprint density at radius 2 is 1.89 bits per heavy atom. The largest absolute Gasteiger partial charge is 0.466 e. The molecular weight excluding hydrogens is 364 g/mol. The summed E-state index contributed by atoms with van der Waals surface area (Å²) >= 11 is 1.33. The second-order valence-electron chi connectivity index (χ2n) is 6.10. The van der Waals surface area contributed by atoms with Crippen molar-refractivity contribution in [2.75, 3.05) is 6.54 Å². The van der Waals surface area contributed by atoms with Gasteiger partial charge in [0, 0.05) is 4.88 Å². The van der Waals surface area contributed by atoms with E-state index in [2.05, 4.69) is 10.6 Å². The molecule has 1 aromatic carbocycles. The van der Waals surface area contributed by atoms with Crippen LogP contribution in [0.4, 0.5) is 0 Å². The van der Waals surface area contributed by atoms with Gasteiger partial charge >= 0.3 is 11.8 Å². The van der Waals surface area contributed by atoms with Gasteiger partial charge in [-0.15, -0.1) is 11.3 Å². The monoisotopic (exact) mass is 384 g/mol. The molecule has 3 aromatic rings. The smallest absolute Gasteiger partial charge is 0.309 e. The van der Waals surface area contributed by atoms with Gasteiger partial charge in [0.05, 0.1) is 18.8 Å². The number of carbonyl (C=O) groups excluding carboxylic acids is 2. The molecule has 2 heterocycles. The lowest BCUT2D eigenvalue weighted by Crippen LogP contribution is -2.47. The molecule has 0 aliphatic rings. The molecule has 2 atom stereocenters. The first kappa shape index (κ1) is 18.9. The summed E-state index contributed by atoms with van der Waals surface area (Å²) in [4.78, 5) is 25.0. The van der Waals surface area contributed by atoms with Crippen LogP contribution in [0.15, 0.2) is 70.7 Å². The predicted octanol–water partition coefficient (Wildman–Crippen LogP) is 2.57. The maximum Gasteiger partial charge on any atom is 0.309 e. The average Bonchev–Trinajstić information content (AvgIpc) is 3.40. The van der Waals surface area contributed by atoms with Crippen molar-refractivity contribution in [2.45, 2.75) is 18.6 Å². The first-order valence-corrected chi connectivity index (χ1v) is 9.32. The van der Waals surface area contributed by atoms with E-state index in [4.69, 9.17) is 4.42 Å². The minimum absolute atomic E-state index is 0.188. The predicted molar refractivity (Wildman–Crippen MR) is 102 cm³/mol. The number of thiophene rings is 1. The van der Waals surface area contributed by atoms with Crippen molar-refractivity contribution in [3.8, 4) is 0 Å². The third kappa shape index (κ3) is 4.27. The van der Waals surface area contributed by atoms with E-state index >= 15 is 0 Å². The first-order chi connectivity index (χ1) is 13.0. The first-order valence-electron chi connectivity index (χ1n) is 8.44. The van der Waals surface area contributed by atoms with Gasteiger partial charge in [0.25, 0.3) is 0 Å². The Balaban J connectivity index is 1.65. The van der Waals surface area contributed by atoms with Crippen LogP contribution in [0.25, 0.3) is 0 Å². The molecule has 0 radical (unpaired) electrons. The molecule has 6 nitrogen and oxygen atoms in total. The number of furan rings is 1. The molecule has 2 unspecified atom stereocenters. The second-order valence-corrected chi connectivity index (χ2v) is 7.05. The molecule has 3 N–H and O–H groups in total. The Morgan fingerprint density at radius 3 is 2.52 bits per heavy atom. The maximum atomic E-state index is 12.2. The molecule has 2 aromatic heterocycles. The van der Waals surface area contributed by atoms with Crippen molar-refractivity contribution < 1.29 is 19.1 Å². The van der Waals surface area contributed by atoms with Gasteiger partial charge in [-0.1, -0.05) is 36.4 Å². The molecule has 7 heteroatoms. The number of aliphatic hydroxyl groups is 1. The van der Waals surface area contributed by atoms with E-state index < -0.39 is 17.4 Å². The SMILES string of the molecule is CC(NC(=O)C(=O)NCC(O)(c1ccco1)c1cccs1)c1ccccc1. The summed E-state index contributed by atoms with van der Waals surface area (Å²) in [5, 5.41) is 18.1. The zero-order chi connectivity index (χ0) is 19.3. The molecular formula is C20H20N2O4S. The molecule has 0 spiro atoms. The lowest BCUT2D eigenvalue weighted by Gasteiger charge is -2.25. The van der Waals surface area contributed by atoms with Crippen molar-refractivity contribution in [1.29, 1.82) is 0 Å². The quantitative estimate of drug-likeness (QED) is 0.570. The molecule has 0 aliphatic carbocycles. The van der Waals surface area contributed by atoms with Crippen LogP contribution in [-0.4, -0.2) is 23.5 Å². The van der Waals surface area contributed by atoms with Gasteiger partial charge < -0.3 is 20.2 Å². The number of rotatable bonds is 6. The molecule has 0 fully saturated rings. The molecule has 140 valence electrons. The van der Waals surface area contributed by atoms with Crippen LogP contribution in [0, 0.1) is 0 Å². The van der Waals surface area contributed by atoms with Crippen LogP contribution in [0.5, 0.6) is 0 Å². The Hall–Kier alpha value is -2.90. The lowest BCUT2D eigenvalue weighted by molar-refractivity contribution is -0.140. The zero-order valence-electron chi connectivity index (χ0n) is 14.7. The van der Waals surface area contributed by atoms with Crippen molar-refractivity contribution >= 4 is 23.2 Å². The van der Waals surface area contributed by atoms with Gasteiger partial charge in [0.1, 0.15) is 5.76 Å². The zero-order valence-corrected chi connectivity index (χ0v) is 15.5. The van der Waals surface area contributed by atoms with Gasteiger partial charge in [-0.2, -0.15) is 0 Å². The molecule has 3 rings (SSSR count). The minimum atomic E-state index is -1.54. The van der Waals surface area contributed by atoms with Crippen LogP contribution in [-0.2, 0) is 15.2 Å². The Kier molecular flexibility index (Phi) is 5.73. The number of hydrogen-bond donors (Lipinski definition) is 3. The highest BCUT2D eigenvalue weighted by molar-refractivity contribution is 7.10. The Morgan fingerprint density at radius 1 is 1.11 bits per heavy atom. The number of benzene rings is 1. The van der Waals surface area contributed by atoms with Crippen molar-refractivity contribution in [3.63, 3.8) is 0 Å². The van der Waals surface area contributed by atoms with Gasteiger partial charge in [-0.25, -0.2) is 0 Å². The summed E-state index contributed by atoms with van der Waals surface area (Å²) in [5.41, 5.74) is -0.650. The number of amides is 2. The van der Waals surface area contributed by atoms with Crippen molar-refractivity contribution in [1.82, 2.24) is 10.6 Å². The Labute approximate surface area is 160 Å². The van der Waals surface area contributed by atoms with E-state index in [1.165, 1.54) is 17.6 Å². The van der Waals surface area contributed by atoms with Crippen LogP contribution >= 0.6 is 11.3 Å². The number of carbonyl (C=O) groups is 2. The van der Waals surface area contributed by atoms with Crippen LogP contribution < -0.4 is 10.6 Å². The summed E-state index contributed by atoms with van der Waals surface area (Å²) in [6, 6.07) is 15.9. The summed E-state index contributed by atoms with van der Waals surface area (Å²) in [6.07, 6.45) is 1.45. The van der Waals surface area contributed by atoms with Crippen molar-refractivity contribution in [3.05, 3.63) is 82.4 Å². The van der Waals surface area contributed by atoms with Gasteiger partial charge in [0.2, 0.25) is 0 Å². The van der Waals surface area contributed by atoms with Crippen LogP contribution in [0.2, 0.25) is 0 Å². The lowest BCUT2D eigenvalue weighted by atomic mass is 9.98. The van der Waals surface area contributed by atoms with E-state index in [-0.39, 0.29) is 12.6 Å². The average molecular weight is 384 g/mol. The molecule has 0 saturated heterocycles. The molecule has 0 aliphatic heterocycles. The fraction of sp³-hybridized carbons (Fsp3) is 0.200. The highest BCUT2D eigenvalue weighted by atomic mass is 32.1. The van der Waals surface area contributed by atoms with Crippen LogP contribution in [0.3, 0.4) is 0 Å². The van der Waals surface area contributed by atoms with E-state index in [9.17, 15) is 14.7 Å². The topological polar surface area (TPSA) is 91.6 Å². The second kappa shape index (κ2) is 8.20. The fourth-order valence-electron chi connectivity index (χ4n) is 2.70. The van der Waals surface area contributed by atoms with Gasteiger partial charge in [-0.3, -0.25) is 9.59 Å². The maximum absolute atomic E-state index is 12.2. The van der Waals surface area contributed by atoms with Crippen LogP contribution in [0.1, 0.15) is 29.2 Å². The molecule has 27 heavy (non-hydrogen) atoms. The normalized spacial score (nSPS) is 14.1. The number of hydrogen-bond acceptors (Lipinski definition) is 5. The summed E-state index contributed by atoms with van der Waals surface area (Å²) < 4.78 is 5.34. The summed E-state index contributed by atoms with van der Waals surface area (Å²) in [5.74, 6) is -1.29. The fourth-order valence-corrected chi connectivity index (χ4v) is 3.53. The van der Waals surface area contributed by atoms with E-state index in [1.54, 1.807) is 31.2 Å².